The topological polar surface area (TPSA) is 122 Å². The normalized spacial score (nSPS) is 13.7. The van der Waals surface area contributed by atoms with Crippen LogP contribution in [-0.4, -0.2) is 51.7 Å². The second-order valence-electron chi connectivity index (χ2n) is 8.92. The highest BCUT2D eigenvalue weighted by molar-refractivity contribution is 7.90. The molecule has 2 N–H and O–H groups in total. The van der Waals surface area contributed by atoms with Crippen molar-refractivity contribution in [1.29, 1.82) is 0 Å². The van der Waals surface area contributed by atoms with Crippen molar-refractivity contribution in [3.8, 4) is 11.3 Å². The maximum Gasteiger partial charge on any atom is 0.232 e. The fraction of sp³-hybridized carbons (Fsp3) is 0.304. The number of rotatable bonds is 8. The molecule has 0 unspecified atom stereocenters. The lowest BCUT2D eigenvalue weighted by atomic mass is 10.1. The number of nitrogens with one attached hydrogen (secondary N) is 2. The zero-order valence-electron chi connectivity index (χ0n) is 20.1. The molecule has 10 nitrogen and oxygen atoms in total. The predicted molar refractivity (Wildman–Crippen MR) is 130 cm³/mol. The first kappa shape index (κ1) is 24.7. The van der Waals surface area contributed by atoms with E-state index in [0.29, 0.717) is 22.9 Å². The summed E-state index contributed by atoms with van der Waals surface area (Å²) in [6.07, 6.45) is 5.58. The van der Waals surface area contributed by atoms with E-state index in [1.807, 2.05) is 6.92 Å². The highest BCUT2D eigenvalue weighted by atomic mass is 32.2. The Kier molecular flexibility index (Phi) is 6.14. The average molecular weight is 533 g/mol. The molecule has 0 radical (unpaired) electrons. The molecule has 1 aromatic carbocycles. The summed E-state index contributed by atoms with van der Waals surface area (Å²) in [5.41, 5.74) is 1.97. The molecule has 0 bridgehead atoms. The molecular formula is C23H23F3N8O2S. The lowest BCUT2D eigenvalue weighted by Gasteiger charge is -2.22. The van der Waals surface area contributed by atoms with Gasteiger partial charge in [0.1, 0.15) is 11.5 Å². The van der Waals surface area contributed by atoms with E-state index < -0.39 is 38.9 Å². The van der Waals surface area contributed by atoms with Gasteiger partial charge in [0, 0.05) is 42.4 Å². The van der Waals surface area contributed by atoms with Crippen molar-refractivity contribution in [2.75, 3.05) is 23.5 Å². The summed E-state index contributed by atoms with van der Waals surface area (Å²) in [5, 5.41) is 14.2. The van der Waals surface area contributed by atoms with Crippen LogP contribution < -0.4 is 10.2 Å². The van der Waals surface area contributed by atoms with Gasteiger partial charge < -0.3 is 10.2 Å². The van der Waals surface area contributed by atoms with Gasteiger partial charge >= 0.3 is 0 Å². The molecule has 3 aromatic heterocycles. The summed E-state index contributed by atoms with van der Waals surface area (Å²) in [5.74, 6) is -1.29. The minimum absolute atomic E-state index is 0.0768. The average Bonchev–Trinajstić information content (AvgIpc) is 3.40. The van der Waals surface area contributed by atoms with Crippen molar-refractivity contribution in [1.82, 2.24) is 29.9 Å². The van der Waals surface area contributed by atoms with Crippen LogP contribution in [0.25, 0.3) is 11.3 Å². The van der Waals surface area contributed by atoms with Crippen LogP contribution in [0.15, 0.2) is 35.5 Å². The molecule has 1 saturated carbocycles. The van der Waals surface area contributed by atoms with Gasteiger partial charge in [-0.15, -0.1) is 0 Å². The first-order chi connectivity index (χ1) is 17.5. The number of hydrogen-bond acceptors (Lipinski definition) is 8. The van der Waals surface area contributed by atoms with Gasteiger partial charge in [0.05, 0.1) is 16.8 Å². The highest BCUT2D eigenvalue weighted by Gasteiger charge is 2.33. The largest absolute Gasteiger partial charge is 0.323 e. The minimum atomic E-state index is -3.84. The third kappa shape index (κ3) is 4.88. The molecule has 194 valence electrons. The zero-order chi connectivity index (χ0) is 26.5. The number of H-pyrrole nitrogens is 1. The van der Waals surface area contributed by atoms with Crippen LogP contribution in [0.1, 0.15) is 30.0 Å². The number of benzene rings is 1. The van der Waals surface area contributed by atoms with Crippen LogP contribution in [0.3, 0.4) is 0 Å². The Bertz CT molecular complexity index is 1570. The van der Waals surface area contributed by atoms with Crippen molar-refractivity contribution in [3.05, 3.63) is 53.5 Å². The number of halogens is 3. The van der Waals surface area contributed by atoms with Crippen molar-refractivity contribution >= 4 is 33.1 Å². The fourth-order valence-corrected chi connectivity index (χ4v) is 4.65. The molecule has 1 aliphatic rings. The third-order valence-electron chi connectivity index (χ3n) is 5.95. The number of aromatic nitrogens is 6. The zero-order valence-corrected chi connectivity index (χ0v) is 20.9. The van der Waals surface area contributed by atoms with Gasteiger partial charge in [-0.05, 0) is 37.8 Å². The molecule has 0 amide bonds. The number of nitrogens with zero attached hydrogens (tertiary/aromatic N) is 6. The molecule has 5 rings (SSSR count). The van der Waals surface area contributed by atoms with Crippen LogP contribution in [-0.2, 0) is 16.6 Å². The maximum absolute atomic E-state index is 15.0. The van der Waals surface area contributed by atoms with Crippen molar-refractivity contribution in [3.63, 3.8) is 0 Å². The smallest absolute Gasteiger partial charge is 0.232 e. The second-order valence-corrected chi connectivity index (χ2v) is 10.9. The summed E-state index contributed by atoms with van der Waals surface area (Å²) in [6.45, 7) is 0.999. The lowest BCUT2D eigenvalue weighted by molar-refractivity contribution is 0.350. The number of sulfone groups is 1. The first-order valence-corrected chi connectivity index (χ1v) is 13.2. The monoisotopic (exact) mass is 532 g/mol. The van der Waals surface area contributed by atoms with E-state index in [0.717, 1.165) is 52.1 Å². The number of alkyl halides is 1. The number of anilines is 4. The SMILES string of the molecule is Cc1cc(Nc2nc(N(C)c3c(F)cc(S(C)(=O)=O)cc3F)nc(-c3cnn(CF)c3)c2C2CC2)n[nH]1. The van der Waals surface area contributed by atoms with E-state index in [1.165, 1.54) is 19.4 Å². The summed E-state index contributed by atoms with van der Waals surface area (Å²) >= 11 is 0. The Morgan fingerprint density at radius 1 is 1.19 bits per heavy atom. The van der Waals surface area contributed by atoms with Gasteiger partial charge in [-0.3, -0.25) is 5.10 Å². The van der Waals surface area contributed by atoms with E-state index in [2.05, 4.69) is 30.6 Å². The fourth-order valence-electron chi connectivity index (χ4n) is 4.01. The molecule has 4 aromatic rings. The van der Waals surface area contributed by atoms with Crippen LogP contribution in [0.4, 0.5) is 36.4 Å². The van der Waals surface area contributed by atoms with Crippen molar-refractivity contribution in [2.24, 2.45) is 0 Å². The van der Waals surface area contributed by atoms with Crippen LogP contribution in [0.5, 0.6) is 0 Å². The first-order valence-electron chi connectivity index (χ1n) is 11.3. The molecule has 0 saturated heterocycles. The van der Waals surface area contributed by atoms with Gasteiger partial charge in [0.25, 0.3) is 0 Å². The molecule has 0 atom stereocenters. The number of aromatic amines is 1. The van der Waals surface area contributed by atoms with E-state index in [1.54, 1.807) is 6.07 Å². The van der Waals surface area contributed by atoms with Gasteiger partial charge in [0.2, 0.25) is 5.95 Å². The Balaban J connectivity index is 1.68. The molecule has 0 spiro atoms. The maximum atomic E-state index is 15.0. The van der Waals surface area contributed by atoms with E-state index in [-0.39, 0.29) is 11.9 Å². The van der Waals surface area contributed by atoms with Gasteiger partial charge in [-0.25, -0.2) is 31.3 Å². The van der Waals surface area contributed by atoms with E-state index in [9.17, 15) is 12.8 Å². The lowest BCUT2D eigenvalue weighted by Crippen LogP contribution is -2.19. The Hall–Kier alpha value is -3.94. The summed E-state index contributed by atoms with van der Waals surface area (Å²) < 4.78 is 68.0. The van der Waals surface area contributed by atoms with E-state index >= 15 is 8.78 Å². The molecule has 14 heteroatoms. The quantitative estimate of drug-likeness (QED) is 0.343. The van der Waals surface area contributed by atoms with Gasteiger partial charge in [-0.1, -0.05) is 0 Å². The molecule has 1 aliphatic carbocycles. The Morgan fingerprint density at radius 3 is 2.43 bits per heavy atom. The molecule has 37 heavy (non-hydrogen) atoms. The van der Waals surface area contributed by atoms with E-state index in [4.69, 9.17) is 0 Å². The van der Waals surface area contributed by atoms with Crippen LogP contribution >= 0.6 is 0 Å². The van der Waals surface area contributed by atoms with Crippen LogP contribution in [0, 0.1) is 18.6 Å². The summed E-state index contributed by atoms with van der Waals surface area (Å²) in [4.78, 5) is 9.80. The van der Waals surface area contributed by atoms with Crippen LogP contribution in [0.2, 0.25) is 0 Å². The van der Waals surface area contributed by atoms with Gasteiger partial charge in [-0.2, -0.15) is 15.2 Å². The summed E-state index contributed by atoms with van der Waals surface area (Å²) in [6, 6.07) is 3.27. The highest BCUT2D eigenvalue weighted by Crippen LogP contribution is 2.48. The third-order valence-corrected chi connectivity index (χ3v) is 7.05. The Morgan fingerprint density at radius 2 is 1.89 bits per heavy atom. The predicted octanol–water partition coefficient (Wildman–Crippen LogP) is 4.37. The van der Waals surface area contributed by atoms with Crippen molar-refractivity contribution < 1.29 is 21.6 Å². The Labute approximate surface area is 210 Å². The molecule has 1 fully saturated rings. The number of aryl methyl sites for hydroxylation is 1. The molecule has 0 aliphatic heterocycles. The van der Waals surface area contributed by atoms with Crippen molar-refractivity contribution in [2.45, 2.75) is 37.4 Å². The summed E-state index contributed by atoms with van der Waals surface area (Å²) in [7, 11) is -2.47. The standard InChI is InChI=1S/C23H23F3N8O2S/c1-12-6-18(32-31-12)28-22-19(13-4-5-13)20(14-9-27-34(10-14)11-24)29-23(30-22)33(2)21-16(25)7-15(8-17(21)26)37(3,35)36/h6-10,13H,4-5,11H2,1-3H3,(H2,28,29,30,31,32). The minimum Gasteiger partial charge on any atom is -0.323 e. The van der Waals surface area contributed by atoms with Gasteiger partial charge in [0.15, 0.2) is 34.1 Å². The molecular weight excluding hydrogens is 509 g/mol. The second kappa shape index (κ2) is 9.18. The number of hydrogen-bond donors (Lipinski definition) is 2. The molecule has 3 heterocycles.